The summed E-state index contributed by atoms with van der Waals surface area (Å²) in [6.45, 7) is 0.0390. The molecule has 24 heavy (non-hydrogen) atoms. The van der Waals surface area contributed by atoms with Crippen molar-refractivity contribution in [2.75, 3.05) is 6.54 Å². The Hall–Kier alpha value is -2.97. The van der Waals surface area contributed by atoms with Gasteiger partial charge in [-0.15, -0.1) is 0 Å². The van der Waals surface area contributed by atoms with Crippen LogP contribution in [0.2, 0.25) is 0 Å². The van der Waals surface area contributed by atoms with Gasteiger partial charge in [-0.05, 0) is 31.4 Å². The smallest absolute Gasteiger partial charge is 0.329 e. The number of nitrogens with zero attached hydrogens (tertiary/aromatic N) is 1. The molecule has 0 bridgehead atoms. The van der Waals surface area contributed by atoms with Crippen molar-refractivity contribution in [3.8, 4) is 0 Å². The summed E-state index contributed by atoms with van der Waals surface area (Å²) in [4.78, 5) is 44.8. The van der Waals surface area contributed by atoms with Crippen LogP contribution in [0.5, 0.6) is 0 Å². The standard InChI is InChI=1S/C15H17N3O6/c19-12(17-15(14(21)22)7-1-8-15)6-9-16-13(20)10-2-4-11(5-3-10)18(23)24/h2-5H,1,6-9H2,(H,16,20)(H,17,19)(H,21,22). The largest absolute Gasteiger partial charge is 0.480 e. The van der Waals surface area contributed by atoms with E-state index in [2.05, 4.69) is 10.6 Å². The number of nitro benzene ring substituents is 1. The number of non-ortho nitro benzene ring substituents is 1. The van der Waals surface area contributed by atoms with Crippen molar-refractivity contribution in [1.29, 1.82) is 0 Å². The molecule has 2 rings (SSSR count). The number of carbonyl (C=O) groups is 3. The highest BCUT2D eigenvalue weighted by Gasteiger charge is 2.45. The van der Waals surface area contributed by atoms with Crippen molar-refractivity contribution < 1.29 is 24.4 Å². The summed E-state index contributed by atoms with van der Waals surface area (Å²) in [5.41, 5.74) is -1.05. The van der Waals surface area contributed by atoms with Gasteiger partial charge >= 0.3 is 5.97 Å². The molecule has 0 radical (unpaired) electrons. The molecule has 1 aliphatic carbocycles. The zero-order valence-electron chi connectivity index (χ0n) is 12.8. The quantitative estimate of drug-likeness (QED) is 0.498. The van der Waals surface area contributed by atoms with Crippen LogP contribution in [-0.2, 0) is 9.59 Å². The monoisotopic (exact) mass is 335 g/mol. The van der Waals surface area contributed by atoms with Crippen LogP contribution in [-0.4, -0.2) is 39.9 Å². The van der Waals surface area contributed by atoms with Gasteiger partial charge < -0.3 is 15.7 Å². The molecule has 0 aromatic heterocycles. The maximum absolute atomic E-state index is 11.9. The third-order valence-electron chi connectivity index (χ3n) is 3.97. The van der Waals surface area contributed by atoms with Crippen LogP contribution in [0.1, 0.15) is 36.0 Å². The van der Waals surface area contributed by atoms with Crippen molar-refractivity contribution in [3.63, 3.8) is 0 Å². The molecule has 0 unspecified atom stereocenters. The molecular weight excluding hydrogens is 318 g/mol. The van der Waals surface area contributed by atoms with E-state index in [1.165, 1.54) is 24.3 Å². The summed E-state index contributed by atoms with van der Waals surface area (Å²) < 4.78 is 0. The highest BCUT2D eigenvalue weighted by atomic mass is 16.6. The number of rotatable bonds is 7. The van der Waals surface area contributed by atoms with E-state index in [4.69, 9.17) is 5.11 Å². The fraction of sp³-hybridized carbons (Fsp3) is 0.400. The van der Waals surface area contributed by atoms with Gasteiger partial charge in [0.05, 0.1) is 4.92 Å². The maximum Gasteiger partial charge on any atom is 0.329 e. The van der Waals surface area contributed by atoms with E-state index in [-0.39, 0.29) is 24.2 Å². The summed E-state index contributed by atoms with van der Waals surface area (Å²) in [5, 5.41) is 24.7. The van der Waals surface area contributed by atoms with Crippen molar-refractivity contribution >= 4 is 23.5 Å². The minimum atomic E-state index is -1.17. The minimum absolute atomic E-state index is 0.0390. The Morgan fingerprint density at radius 1 is 1.21 bits per heavy atom. The van der Waals surface area contributed by atoms with Gasteiger partial charge in [0.15, 0.2) is 0 Å². The second-order valence-electron chi connectivity index (χ2n) is 5.60. The van der Waals surface area contributed by atoms with Gasteiger partial charge in [0.2, 0.25) is 5.91 Å². The number of benzene rings is 1. The van der Waals surface area contributed by atoms with Crippen LogP contribution >= 0.6 is 0 Å². The molecule has 0 saturated heterocycles. The number of amides is 2. The number of carboxylic acid groups (broad SMARTS) is 1. The van der Waals surface area contributed by atoms with Crippen LogP contribution < -0.4 is 10.6 Å². The minimum Gasteiger partial charge on any atom is -0.480 e. The van der Waals surface area contributed by atoms with Crippen LogP contribution in [0.15, 0.2) is 24.3 Å². The molecule has 1 aromatic rings. The first-order valence-corrected chi connectivity index (χ1v) is 7.41. The molecule has 0 spiro atoms. The summed E-state index contributed by atoms with van der Waals surface area (Å²) >= 11 is 0. The molecule has 9 heteroatoms. The molecule has 0 aliphatic heterocycles. The highest BCUT2D eigenvalue weighted by Crippen LogP contribution is 2.32. The van der Waals surface area contributed by atoms with E-state index in [0.717, 1.165) is 6.42 Å². The van der Waals surface area contributed by atoms with Gasteiger partial charge in [0, 0.05) is 30.7 Å². The maximum atomic E-state index is 11.9. The number of nitrogens with one attached hydrogen (secondary N) is 2. The van der Waals surface area contributed by atoms with Crippen molar-refractivity contribution in [2.45, 2.75) is 31.2 Å². The molecule has 1 aliphatic rings. The predicted molar refractivity (Wildman–Crippen MR) is 82.4 cm³/mol. The molecule has 3 N–H and O–H groups in total. The first kappa shape index (κ1) is 17.4. The van der Waals surface area contributed by atoms with Crippen molar-refractivity contribution in [1.82, 2.24) is 10.6 Å². The average Bonchev–Trinajstić information content (AvgIpc) is 2.50. The number of carbonyl (C=O) groups excluding carboxylic acids is 2. The van der Waals surface area contributed by atoms with Gasteiger partial charge in [-0.3, -0.25) is 19.7 Å². The van der Waals surface area contributed by atoms with Crippen LogP contribution in [0.25, 0.3) is 0 Å². The van der Waals surface area contributed by atoms with Gasteiger partial charge in [-0.2, -0.15) is 0 Å². The molecule has 1 aromatic carbocycles. The van der Waals surface area contributed by atoms with Gasteiger partial charge in [0.25, 0.3) is 11.6 Å². The van der Waals surface area contributed by atoms with Crippen molar-refractivity contribution in [3.05, 3.63) is 39.9 Å². The van der Waals surface area contributed by atoms with Gasteiger partial charge in [-0.1, -0.05) is 0 Å². The Morgan fingerprint density at radius 2 is 1.83 bits per heavy atom. The van der Waals surface area contributed by atoms with Crippen LogP contribution in [0, 0.1) is 10.1 Å². The van der Waals surface area contributed by atoms with Gasteiger partial charge in [-0.25, -0.2) is 4.79 Å². The van der Waals surface area contributed by atoms with Gasteiger partial charge in [0.1, 0.15) is 5.54 Å². The average molecular weight is 335 g/mol. The lowest BCUT2D eigenvalue weighted by Crippen LogP contribution is -2.59. The number of aliphatic carboxylic acids is 1. The Bertz CT molecular complexity index is 666. The van der Waals surface area contributed by atoms with E-state index >= 15 is 0 Å². The molecular formula is C15H17N3O6. The lowest BCUT2D eigenvalue weighted by molar-refractivity contribution is -0.384. The summed E-state index contributed by atoms with van der Waals surface area (Å²) in [6.07, 6.45) is 1.52. The molecule has 1 saturated carbocycles. The fourth-order valence-electron chi connectivity index (χ4n) is 2.38. The Balaban J connectivity index is 1.79. The first-order valence-electron chi connectivity index (χ1n) is 7.41. The topological polar surface area (TPSA) is 139 Å². The number of carboxylic acids is 1. The highest BCUT2D eigenvalue weighted by molar-refractivity contribution is 5.94. The van der Waals surface area contributed by atoms with Crippen LogP contribution in [0.4, 0.5) is 5.69 Å². The fourth-order valence-corrected chi connectivity index (χ4v) is 2.38. The van der Waals surface area contributed by atoms with Crippen molar-refractivity contribution in [2.24, 2.45) is 0 Å². The lowest BCUT2D eigenvalue weighted by atomic mass is 9.76. The van der Waals surface area contributed by atoms with E-state index in [1.54, 1.807) is 0 Å². The molecule has 1 fully saturated rings. The number of nitro groups is 1. The van der Waals surface area contributed by atoms with E-state index in [0.29, 0.717) is 12.8 Å². The summed E-state index contributed by atoms with van der Waals surface area (Å²) in [5.74, 6) is -1.95. The second-order valence-corrected chi connectivity index (χ2v) is 5.60. The summed E-state index contributed by atoms with van der Waals surface area (Å²) in [7, 11) is 0. The Labute approximate surface area is 137 Å². The zero-order chi connectivity index (χ0) is 17.7. The van der Waals surface area contributed by atoms with Crippen LogP contribution in [0.3, 0.4) is 0 Å². The first-order chi connectivity index (χ1) is 11.3. The summed E-state index contributed by atoms with van der Waals surface area (Å²) in [6, 6.07) is 5.08. The second kappa shape index (κ2) is 7.07. The van der Waals surface area contributed by atoms with E-state index in [1.807, 2.05) is 0 Å². The number of hydrogen-bond donors (Lipinski definition) is 3. The molecule has 9 nitrogen and oxygen atoms in total. The number of hydrogen-bond acceptors (Lipinski definition) is 5. The molecule has 128 valence electrons. The third kappa shape index (κ3) is 3.86. The van der Waals surface area contributed by atoms with E-state index in [9.17, 15) is 24.5 Å². The third-order valence-corrected chi connectivity index (χ3v) is 3.97. The SMILES string of the molecule is O=C(CCNC(=O)c1ccc([N+](=O)[O-])cc1)NC1(C(=O)O)CCC1. The molecule has 0 heterocycles. The van der Waals surface area contributed by atoms with E-state index < -0.39 is 28.2 Å². The Morgan fingerprint density at radius 3 is 2.29 bits per heavy atom. The lowest BCUT2D eigenvalue weighted by Gasteiger charge is -2.38. The molecule has 2 amide bonds. The normalized spacial score (nSPS) is 15.0. The Kier molecular flexibility index (Phi) is 5.12. The zero-order valence-corrected chi connectivity index (χ0v) is 12.8. The predicted octanol–water partition coefficient (Wildman–Crippen LogP) is 0.838. The molecule has 0 atom stereocenters.